The van der Waals surface area contributed by atoms with Crippen LogP contribution in [0.15, 0.2) is 24.3 Å². The molecule has 4 heteroatoms. The molecule has 1 rings (SSSR count). The molecule has 0 amide bonds. The Bertz CT molecular complexity index is 357. The van der Waals surface area contributed by atoms with Crippen molar-refractivity contribution in [3.8, 4) is 0 Å². The van der Waals surface area contributed by atoms with Gasteiger partial charge in [0.15, 0.2) is 0 Å². The molecule has 0 saturated heterocycles. The highest BCUT2D eigenvalue weighted by molar-refractivity contribution is 5.20. The monoisotopic (exact) mass is 254 g/mol. The Hall–Kier alpha value is -0.970. The van der Waals surface area contributed by atoms with E-state index in [1.165, 1.54) is 12.1 Å². The molecule has 0 heterocycles. The highest BCUT2D eigenvalue weighted by Gasteiger charge is 2.21. The van der Waals surface area contributed by atoms with Crippen molar-refractivity contribution in [3.05, 3.63) is 35.6 Å². The molecule has 0 spiro atoms. The normalized spacial score (nSPS) is 13.3. The van der Waals surface area contributed by atoms with E-state index in [0.717, 1.165) is 12.1 Å². The Morgan fingerprint density at radius 1 is 1.39 bits per heavy atom. The maximum atomic E-state index is 13.3. The van der Waals surface area contributed by atoms with Crippen molar-refractivity contribution >= 4 is 0 Å². The van der Waals surface area contributed by atoms with E-state index < -0.39 is 0 Å². The summed E-state index contributed by atoms with van der Waals surface area (Å²) in [6, 6.07) is 6.86. The number of nitrogens with zero attached hydrogens (tertiary/aromatic N) is 1. The van der Waals surface area contributed by atoms with Crippen LogP contribution in [-0.2, 0) is 0 Å². The largest absolute Gasteiger partial charge is 0.396 e. The molecule has 0 saturated carbocycles. The van der Waals surface area contributed by atoms with Gasteiger partial charge in [0, 0.05) is 31.8 Å². The SMILES string of the molecule is CC(C)N(CCCO)C(CN)c1cccc(F)c1. The number of benzene rings is 1. The lowest BCUT2D eigenvalue weighted by Crippen LogP contribution is -2.39. The molecular formula is C14H23FN2O. The maximum Gasteiger partial charge on any atom is 0.123 e. The third kappa shape index (κ3) is 4.05. The lowest BCUT2D eigenvalue weighted by Gasteiger charge is -2.34. The molecule has 102 valence electrons. The first-order valence-electron chi connectivity index (χ1n) is 6.42. The Kier molecular flexibility index (Phi) is 6.25. The highest BCUT2D eigenvalue weighted by Crippen LogP contribution is 2.22. The topological polar surface area (TPSA) is 49.5 Å². The fourth-order valence-corrected chi connectivity index (χ4v) is 2.20. The van der Waals surface area contributed by atoms with Gasteiger partial charge in [-0.2, -0.15) is 0 Å². The molecule has 0 aromatic heterocycles. The van der Waals surface area contributed by atoms with Crippen LogP contribution in [0.3, 0.4) is 0 Å². The minimum atomic E-state index is -0.239. The lowest BCUT2D eigenvalue weighted by molar-refractivity contribution is 0.141. The molecule has 1 unspecified atom stereocenters. The third-order valence-electron chi connectivity index (χ3n) is 3.09. The highest BCUT2D eigenvalue weighted by atomic mass is 19.1. The van der Waals surface area contributed by atoms with Gasteiger partial charge in [-0.15, -0.1) is 0 Å². The molecule has 0 fully saturated rings. The zero-order chi connectivity index (χ0) is 13.5. The number of rotatable bonds is 7. The smallest absolute Gasteiger partial charge is 0.123 e. The van der Waals surface area contributed by atoms with Crippen LogP contribution in [0.2, 0.25) is 0 Å². The fourth-order valence-electron chi connectivity index (χ4n) is 2.20. The molecule has 18 heavy (non-hydrogen) atoms. The lowest BCUT2D eigenvalue weighted by atomic mass is 10.0. The van der Waals surface area contributed by atoms with Crippen LogP contribution in [0, 0.1) is 5.82 Å². The van der Waals surface area contributed by atoms with Crippen molar-refractivity contribution in [1.29, 1.82) is 0 Å². The zero-order valence-corrected chi connectivity index (χ0v) is 11.1. The van der Waals surface area contributed by atoms with E-state index in [1.807, 2.05) is 6.07 Å². The summed E-state index contributed by atoms with van der Waals surface area (Å²) in [4.78, 5) is 2.20. The van der Waals surface area contributed by atoms with E-state index in [1.54, 1.807) is 6.07 Å². The van der Waals surface area contributed by atoms with E-state index in [-0.39, 0.29) is 18.5 Å². The Labute approximate surface area is 108 Å². The zero-order valence-electron chi connectivity index (χ0n) is 11.1. The van der Waals surface area contributed by atoms with Gasteiger partial charge in [-0.1, -0.05) is 12.1 Å². The van der Waals surface area contributed by atoms with E-state index in [4.69, 9.17) is 10.8 Å². The van der Waals surface area contributed by atoms with Crippen LogP contribution in [0.5, 0.6) is 0 Å². The van der Waals surface area contributed by atoms with Crippen molar-refractivity contribution < 1.29 is 9.50 Å². The molecule has 1 atom stereocenters. The summed E-state index contributed by atoms with van der Waals surface area (Å²) < 4.78 is 13.3. The van der Waals surface area contributed by atoms with Gasteiger partial charge in [0.2, 0.25) is 0 Å². The Morgan fingerprint density at radius 2 is 2.11 bits per heavy atom. The first kappa shape index (κ1) is 15.1. The van der Waals surface area contributed by atoms with Crippen molar-refractivity contribution in [1.82, 2.24) is 4.90 Å². The summed E-state index contributed by atoms with van der Waals surface area (Å²) in [6.45, 7) is 5.52. The summed E-state index contributed by atoms with van der Waals surface area (Å²) in [5.41, 5.74) is 6.73. The number of aliphatic hydroxyl groups excluding tert-OH is 1. The molecule has 0 aliphatic rings. The van der Waals surface area contributed by atoms with Gasteiger partial charge in [0.05, 0.1) is 0 Å². The van der Waals surface area contributed by atoms with Gasteiger partial charge < -0.3 is 10.8 Å². The van der Waals surface area contributed by atoms with Crippen molar-refractivity contribution in [2.75, 3.05) is 19.7 Å². The maximum absolute atomic E-state index is 13.3. The number of halogens is 1. The first-order valence-corrected chi connectivity index (χ1v) is 6.42. The standard InChI is InChI=1S/C14H23FN2O/c1-11(2)17(7-4-8-18)14(10-16)12-5-3-6-13(15)9-12/h3,5-6,9,11,14,18H,4,7-8,10,16H2,1-2H3. The molecule has 0 aliphatic carbocycles. The average molecular weight is 254 g/mol. The second-order valence-electron chi connectivity index (χ2n) is 4.72. The fraction of sp³-hybridized carbons (Fsp3) is 0.571. The number of aliphatic hydroxyl groups is 1. The summed E-state index contributed by atoms with van der Waals surface area (Å²) in [6.07, 6.45) is 0.698. The minimum absolute atomic E-state index is 0.00718. The Morgan fingerprint density at radius 3 is 2.61 bits per heavy atom. The molecule has 1 aromatic rings. The van der Waals surface area contributed by atoms with Gasteiger partial charge >= 0.3 is 0 Å². The van der Waals surface area contributed by atoms with Gasteiger partial charge in [0.1, 0.15) is 5.82 Å². The van der Waals surface area contributed by atoms with Crippen molar-refractivity contribution in [2.24, 2.45) is 5.73 Å². The van der Waals surface area contributed by atoms with Crippen molar-refractivity contribution in [2.45, 2.75) is 32.4 Å². The van der Waals surface area contributed by atoms with E-state index in [2.05, 4.69) is 18.7 Å². The quantitative estimate of drug-likeness (QED) is 0.781. The second-order valence-corrected chi connectivity index (χ2v) is 4.72. The minimum Gasteiger partial charge on any atom is -0.396 e. The summed E-state index contributed by atoms with van der Waals surface area (Å²) >= 11 is 0. The molecule has 0 aliphatic heterocycles. The van der Waals surface area contributed by atoms with Crippen LogP contribution in [0.4, 0.5) is 4.39 Å². The number of hydrogen-bond acceptors (Lipinski definition) is 3. The molecule has 0 radical (unpaired) electrons. The third-order valence-corrected chi connectivity index (χ3v) is 3.09. The van der Waals surface area contributed by atoms with Crippen LogP contribution in [-0.4, -0.2) is 35.7 Å². The molecule has 0 bridgehead atoms. The summed E-state index contributed by atoms with van der Waals surface area (Å²) in [5, 5.41) is 8.95. The Balaban J connectivity index is 2.90. The predicted octanol–water partition coefficient (Wildman–Crippen LogP) is 1.92. The van der Waals surface area contributed by atoms with Crippen LogP contribution >= 0.6 is 0 Å². The average Bonchev–Trinajstić information content (AvgIpc) is 2.34. The van der Waals surface area contributed by atoms with E-state index in [0.29, 0.717) is 19.0 Å². The van der Waals surface area contributed by atoms with Crippen LogP contribution in [0.25, 0.3) is 0 Å². The van der Waals surface area contributed by atoms with Crippen molar-refractivity contribution in [3.63, 3.8) is 0 Å². The second kappa shape index (κ2) is 7.46. The predicted molar refractivity (Wildman–Crippen MR) is 71.7 cm³/mol. The molecule has 3 N–H and O–H groups in total. The summed E-state index contributed by atoms with van der Waals surface area (Å²) in [5.74, 6) is -0.239. The van der Waals surface area contributed by atoms with Crippen LogP contribution in [0.1, 0.15) is 31.9 Å². The van der Waals surface area contributed by atoms with E-state index in [9.17, 15) is 4.39 Å². The van der Waals surface area contributed by atoms with Gasteiger partial charge in [-0.25, -0.2) is 4.39 Å². The summed E-state index contributed by atoms with van der Waals surface area (Å²) in [7, 11) is 0. The van der Waals surface area contributed by atoms with Crippen LogP contribution < -0.4 is 5.73 Å². The number of nitrogens with two attached hydrogens (primary N) is 1. The van der Waals surface area contributed by atoms with Gasteiger partial charge in [0.25, 0.3) is 0 Å². The van der Waals surface area contributed by atoms with Gasteiger partial charge in [-0.05, 0) is 38.0 Å². The number of hydrogen-bond donors (Lipinski definition) is 2. The van der Waals surface area contributed by atoms with E-state index >= 15 is 0 Å². The molecule has 1 aromatic carbocycles. The molecule has 3 nitrogen and oxygen atoms in total. The first-order chi connectivity index (χ1) is 8.60. The molecular weight excluding hydrogens is 231 g/mol. The van der Waals surface area contributed by atoms with Gasteiger partial charge in [-0.3, -0.25) is 4.90 Å².